The second-order valence-electron chi connectivity index (χ2n) is 5.20. The van der Waals surface area contributed by atoms with Crippen molar-refractivity contribution in [1.29, 1.82) is 0 Å². The molecule has 0 saturated carbocycles. The Bertz CT molecular complexity index is 431. The summed E-state index contributed by atoms with van der Waals surface area (Å²) in [6.07, 6.45) is 6.54. The van der Waals surface area contributed by atoms with Crippen molar-refractivity contribution in [3.05, 3.63) is 11.1 Å². The molecule has 0 radical (unpaired) electrons. The van der Waals surface area contributed by atoms with Crippen LogP contribution >= 0.6 is 23.1 Å². The highest BCUT2D eigenvalue weighted by molar-refractivity contribution is 8.00. The number of carbonyl (C=O) groups is 1. The molecule has 118 valence electrons. The first kappa shape index (κ1) is 16.8. The van der Waals surface area contributed by atoms with Gasteiger partial charge in [-0.15, -0.1) is 11.3 Å². The smallest absolute Gasteiger partial charge is 0.226 e. The van der Waals surface area contributed by atoms with Gasteiger partial charge in [0.05, 0.1) is 18.2 Å². The third-order valence-electron chi connectivity index (χ3n) is 3.44. The van der Waals surface area contributed by atoms with Gasteiger partial charge in [0, 0.05) is 18.5 Å². The molecule has 0 spiro atoms. The molecule has 1 atom stereocenters. The predicted octanol–water partition coefficient (Wildman–Crippen LogP) is 3.26. The number of ether oxygens (including phenoxy) is 1. The predicted molar refractivity (Wildman–Crippen MR) is 88.1 cm³/mol. The Balaban J connectivity index is 1.54. The van der Waals surface area contributed by atoms with E-state index in [0.717, 1.165) is 48.2 Å². The number of hydrogen-bond donors (Lipinski definition) is 1. The van der Waals surface area contributed by atoms with E-state index >= 15 is 0 Å². The summed E-state index contributed by atoms with van der Waals surface area (Å²) in [5, 5.41) is 4.96. The number of amides is 1. The highest BCUT2D eigenvalue weighted by Crippen LogP contribution is 2.22. The minimum absolute atomic E-state index is 0.0745. The largest absolute Gasteiger partial charge is 0.378 e. The molecule has 0 aromatic carbocycles. The Morgan fingerprint density at radius 1 is 1.57 bits per heavy atom. The molecule has 0 aliphatic carbocycles. The molecule has 0 bridgehead atoms. The summed E-state index contributed by atoms with van der Waals surface area (Å²) in [4.78, 5) is 16.3. The molecule has 2 rings (SSSR count). The van der Waals surface area contributed by atoms with E-state index in [1.165, 1.54) is 12.8 Å². The maximum atomic E-state index is 11.8. The van der Waals surface area contributed by atoms with Crippen molar-refractivity contribution in [3.63, 3.8) is 0 Å². The Morgan fingerprint density at radius 3 is 3.24 bits per heavy atom. The van der Waals surface area contributed by atoms with Crippen LogP contribution in [0, 0.1) is 0 Å². The van der Waals surface area contributed by atoms with Crippen molar-refractivity contribution in [3.8, 4) is 0 Å². The second kappa shape index (κ2) is 9.43. The fourth-order valence-electron chi connectivity index (χ4n) is 2.38. The number of nitrogens with zero attached hydrogens (tertiary/aromatic N) is 1. The van der Waals surface area contributed by atoms with Crippen LogP contribution in [0.1, 0.15) is 44.7 Å². The molecule has 1 aliphatic heterocycles. The van der Waals surface area contributed by atoms with Crippen LogP contribution in [-0.4, -0.2) is 35.9 Å². The normalized spacial score (nSPS) is 18.0. The van der Waals surface area contributed by atoms with E-state index in [-0.39, 0.29) is 5.91 Å². The first-order chi connectivity index (χ1) is 10.3. The summed E-state index contributed by atoms with van der Waals surface area (Å²) in [5.41, 5.74) is 0.882. The van der Waals surface area contributed by atoms with Crippen LogP contribution in [0.15, 0.2) is 9.72 Å². The maximum Gasteiger partial charge on any atom is 0.226 e. The van der Waals surface area contributed by atoms with E-state index in [9.17, 15) is 4.79 Å². The van der Waals surface area contributed by atoms with Crippen molar-refractivity contribution in [2.75, 3.05) is 18.9 Å². The SMILES string of the molecule is CCSc1nc(CC(=O)NCCCC[C@@H]2CCCO2)cs1. The van der Waals surface area contributed by atoms with E-state index in [1.54, 1.807) is 23.1 Å². The Labute approximate surface area is 135 Å². The van der Waals surface area contributed by atoms with E-state index < -0.39 is 0 Å². The van der Waals surface area contributed by atoms with Crippen LogP contribution in [0.25, 0.3) is 0 Å². The number of nitrogens with one attached hydrogen (secondary N) is 1. The van der Waals surface area contributed by atoms with Gasteiger partial charge in [-0.1, -0.05) is 18.7 Å². The summed E-state index contributed by atoms with van der Waals surface area (Å²) in [6.45, 7) is 3.79. The number of thiazole rings is 1. The van der Waals surface area contributed by atoms with Crippen LogP contribution in [-0.2, 0) is 16.0 Å². The van der Waals surface area contributed by atoms with Gasteiger partial charge < -0.3 is 10.1 Å². The van der Waals surface area contributed by atoms with Gasteiger partial charge in [0.15, 0.2) is 0 Å². The van der Waals surface area contributed by atoms with Crippen molar-refractivity contribution in [2.24, 2.45) is 0 Å². The monoisotopic (exact) mass is 328 g/mol. The molecular formula is C15H24N2O2S2. The zero-order chi connectivity index (χ0) is 14.9. The highest BCUT2D eigenvalue weighted by Gasteiger charge is 2.14. The van der Waals surface area contributed by atoms with Gasteiger partial charge in [0.2, 0.25) is 5.91 Å². The van der Waals surface area contributed by atoms with Crippen LogP contribution < -0.4 is 5.32 Å². The fourth-order valence-corrected chi connectivity index (χ4v) is 4.12. The molecule has 6 heteroatoms. The summed E-state index contributed by atoms with van der Waals surface area (Å²) < 4.78 is 6.64. The van der Waals surface area contributed by atoms with Crippen LogP contribution in [0.4, 0.5) is 0 Å². The average molecular weight is 329 g/mol. The summed E-state index contributed by atoms with van der Waals surface area (Å²) in [7, 11) is 0. The van der Waals surface area contributed by atoms with Crippen molar-refractivity contribution in [1.82, 2.24) is 10.3 Å². The average Bonchev–Trinajstić information content (AvgIpc) is 3.11. The molecule has 2 heterocycles. The summed E-state index contributed by atoms with van der Waals surface area (Å²) in [6, 6.07) is 0. The molecule has 0 unspecified atom stereocenters. The van der Waals surface area contributed by atoms with Gasteiger partial charge in [-0.25, -0.2) is 4.98 Å². The van der Waals surface area contributed by atoms with Crippen LogP contribution in [0.5, 0.6) is 0 Å². The fraction of sp³-hybridized carbons (Fsp3) is 0.733. The quantitative estimate of drug-likeness (QED) is 0.558. The van der Waals surface area contributed by atoms with Crippen molar-refractivity contribution >= 4 is 29.0 Å². The Hall–Kier alpha value is -0.590. The lowest BCUT2D eigenvalue weighted by Crippen LogP contribution is -2.26. The Morgan fingerprint density at radius 2 is 2.48 bits per heavy atom. The first-order valence-electron chi connectivity index (χ1n) is 7.73. The van der Waals surface area contributed by atoms with Gasteiger partial charge in [-0.2, -0.15) is 0 Å². The van der Waals surface area contributed by atoms with Gasteiger partial charge in [-0.05, 0) is 37.9 Å². The molecule has 4 nitrogen and oxygen atoms in total. The summed E-state index contributed by atoms with van der Waals surface area (Å²) >= 11 is 3.34. The van der Waals surface area contributed by atoms with Crippen LogP contribution in [0.2, 0.25) is 0 Å². The zero-order valence-corrected chi connectivity index (χ0v) is 14.2. The number of aromatic nitrogens is 1. The number of unbranched alkanes of at least 4 members (excludes halogenated alkanes) is 1. The zero-order valence-electron chi connectivity index (χ0n) is 12.6. The number of hydrogen-bond acceptors (Lipinski definition) is 5. The molecular weight excluding hydrogens is 304 g/mol. The lowest BCUT2D eigenvalue weighted by Gasteiger charge is -2.09. The number of carbonyl (C=O) groups excluding carboxylic acids is 1. The standard InChI is InChI=1S/C15H24N2O2S2/c1-2-20-15-17-12(11-21-15)10-14(18)16-8-4-3-6-13-7-5-9-19-13/h11,13H,2-10H2,1H3,(H,16,18)/t13-/m1/s1. The van der Waals surface area contributed by atoms with Gasteiger partial charge in [-0.3, -0.25) is 4.79 Å². The molecule has 1 fully saturated rings. The van der Waals surface area contributed by atoms with E-state index in [4.69, 9.17) is 4.74 Å². The molecule has 1 amide bonds. The molecule has 1 aromatic rings. The highest BCUT2D eigenvalue weighted by atomic mass is 32.2. The first-order valence-corrected chi connectivity index (χ1v) is 9.60. The lowest BCUT2D eigenvalue weighted by molar-refractivity contribution is -0.120. The number of rotatable bonds is 9. The molecule has 1 aliphatic rings. The van der Waals surface area contributed by atoms with Crippen molar-refractivity contribution < 1.29 is 9.53 Å². The third kappa shape index (κ3) is 6.36. The van der Waals surface area contributed by atoms with Gasteiger partial charge in [0.25, 0.3) is 0 Å². The minimum atomic E-state index is 0.0745. The topological polar surface area (TPSA) is 51.2 Å². The third-order valence-corrected chi connectivity index (χ3v) is 5.39. The van der Waals surface area contributed by atoms with Gasteiger partial charge >= 0.3 is 0 Å². The molecule has 1 N–H and O–H groups in total. The molecule has 1 saturated heterocycles. The number of thioether (sulfide) groups is 1. The van der Waals surface area contributed by atoms with Gasteiger partial charge in [0.1, 0.15) is 4.34 Å². The van der Waals surface area contributed by atoms with E-state index in [0.29, 0.717) is 12.5 Å². The summed E-state index contributed by atoms with van der Waals surface area (Å²) in [5.74, 6) is 1.09. The minimum Gasteiger partial charge on any atom is -0.378 e. The van der Waals surface area contributed by atoms with Crippen molar-refractivity contribution in [2.45, 2.75) is 55.9 Å². The molecule has 1 aromatic heterocycles. The lowest BCUT2D eigenvalue weighted by atomic mass is 10.1. The maximum absolute atomic E-state index is 11.8. The molecule has 21 heavy (non-hydrogen) atoms. The van der Waals surface area contributed by atoms with E-state index in [1.807, 2.05) is 5.38 Å². The second-order valence-corrected chi connectivity index (χ2v) is 7.56. The van der Waals surface area contributed by atoms with E-state index in [2.05, 4.69) is 17.2 Å². The Kier molecular flexibility index (Phi) is 7.53. The van der Waals surface area contributed by atoms with Crippen LogP contribution in [0.3, 0.4) is 0 Å².